The van der Waals surface area contributed by atoms with Gasteiger partial charge in [0, 0.05) is 17.5 Å². The molecule has 0 aliphatic rings. The summed E-state index contributed by atoms with van der Waals surface area (Å²) in [7, 11) is 0. The van der Waals surface area contributed by atoms with E-state index in [2.05, 4.69) is 37.5 Å². The van der Waals surface area contributed by atoms with Crippen molar-refractivity contribution in [3.05, 3.63) is 21.9 Å². The van der Waals surface area contributed by atoms with Crippen molar-refractivity contribution in [2.75, 3.05) is 13.2 Å². The van der Waals surface area contributed by atoms with Gasteiger partial charge >= 0.3 is 0 Å². The van der Waals surface area contributed by atoms with Gasteiger partial charge in [-0.25, -0.2) is 0 Å². The molecule has 15 heavy (non-hydrogen) atoms. The summed E-state index contributed by atoms with van der Waals surface area (Å²) in [5.41, 5.74) is 1.37. The average Bonchev–Trinajstić information content (AvgIpc) is 2.61. The topological polar surface area (TPSA) is 32.3 Å². The third-order valence-corrected chi connectivity index (χ3v) is 3.89. The fourth-order valence-electron chi connectivity index (χ4n) is 1.62. The third-order valence-electron chi connectivity index (χ3n) is 2.69. The number of aryl methyl sites for hydroxylation is 1. The van der Waals surface area contributed by atoms with Crippen LogP contribution >= 0.6 is 11.3 Å². The van der Waals surface area contributed by atoms with Gasteiger partial charge < -0.3 is 10.4 Å². The molecule has 1 rings (SSSR count). The summed E-state index contributed by atoms with van der Waals surface area (Å²) in [6, 6.07) is 2.58. The van der Waals surface area contributed by atoms with Gasteiger partial charge in [0.2, 0.25) is 0 Å². The molecule has 0 aromatic carbocycles. The zero-order valence-corrected chi connectivity index (χ0v) is 10.6. The van der Waals surface area contributed by atoms with Crippen molar-refractivity contribution in [1.82, 2.24) is 5.32 Å². The van der Waals surface area contributed by atoms with E-state index in [1.165, 1.54) is 10.4 Å². The van der Waals surface area contributed by atoms with E-state index in [1.807, 2.05) is 11.3 Å². The SMILES string of the molecule is Cc1ccsc1C(C)NCC(C)CCO. The number of hydrogen-bond donors (Lipinski definition) is 2. The van der Waals surface area contributed by atoms with Gasteiger partial charge in [0.05, 0.1) is 0 Å². The zero-order chi connectivity index (χ0) is 11.3. The summed E-state index contributed by atoms with van der Waals surface area (Å²) in [4.78, 5) is 1.42. The summed E-state index contributed by atoms with van der Waals surface area (Å²) in [5, 5.41) is 14.5. The molecule has 0 spiro atoms. The first-order valence-electron chi connectivity index (χ1n) is 5.53. The summed E-state index contributed by atoms with van der Waals surface area (Å²) in [5.74, 6) is 0.540. The van der Waals surface area contributed by atoms with Crippen LogP contribution in [-0.4, -0.2) is 18.3 Å². The minimum atomic E-state index is 0.287. The number of rotatable bonds is 6. The lowest BCUT2D eigenvalue weighted by molar-refractivity contribution is 0.258. The van der Waals surface area contributed by atoms with Gasteiger partial charge in [-0.2, -0.15) is 0 Å². The number of aliphatic hydroxyl groups excluding tert-OH is 1. The standard InChI is InChI=1S/C12H21NOS/c1-9(4-6-14)8-13-11(3)12-10(2)5-7-15-12/h5,7,9,11,13-14H,4,6,8H2,1-3H3. The first-order valence-corrected chi connectivity index (χ1v) is 6.41. The second kappa shape index (κ2) is 6.26. The normalized spacial score (nSPS) is 15.2. The number of thiophene rings is 1. The molecule has 3 heteroatoms. The average molecular weight is 227 g/mol. The monoisotopic (exact) mass is 227 g/mol. The molecular weight excluding hydrogens is 206 g/mol. The quantitative estimate of drug-likeness (QED) is 0.783. The molecule has 2 nitrogen and oxygen atoms in total. The number of nitrogens with one attached hydrogen (secondary N) is 1. The Bertz CT molecular complexity index is 285. The Morgan fingerprint density at radius 1 is 1.47 bits per heavy atom. The lowest BCUT2D eigenvalue weighted by Gasteiger charge is -2.17. The van der Waals surface area contributed by atoms with Crippen LogP contribution in [0.15, 0.2) is 11.4 Å². The van der Waals surface area contributed by atoms with Crippen LogP contribution in [-0.2, 0) is 0 Å². The molecular formula is C12H21NOS. The van der Waals surface area contributed by atoms with E-state index in [0.717, 1.165) is 13.0 Å². The zero-order valence-electron chi connectivity index (χ0n) is 9.79. The Kier molecular flexibility index (Phi) is 5.29. The van der Waals surface area contributed by atoms with E-state index in [-0.39, 0.29) is 6.61 Å². The highest BCUT2D eigenvalue weighted by Gasteiger charge is 2.10. The van der Waals surface area contributed by atoms with Gasteiger partial charge in [-0.3, -0.25) is 0 Å². The molecule has 0 aliphatic carbocycles. The van der Waals surface area contributed by atoms with Crippen molar-refractivity contribution in [2.45, 2.75) is 33.2 Å². The first kappa shape index (κ1) is 12.7. The molecule has 0 saturated carbocycles. The van der Waals surface area contributed by atoms with Crippen LogP contribution in [0.25, 0.3) is 0 Å². The maximum absolute atomic E-state index is 8.80. The van der Waals surface area contributed by atoms with E-state index in [0.29, 0.717) is 12.0 Å². The molecule has 2 atom stereocenters. The Morgan fingerprint density at radius 3 is 2.73 bits per heavy atom. The Morgan fingerprint density at radius 2 is 2.20 bits per heavy atom. The Hall–Kier alpha value is -0.380. The van der Waals surface area contributed by atoms with Crippen LogP contribution < -0.4 is 5.32 Å². The van der Waals surface area contributed by atoms with Crippen molar-refractivity contribution in [3.8, 4) is 0 Å². The largest absolute Gasteiger partial charge is 0.396 e. The molecule has 1 aromatic heterocycles. The highest BCUT2D eigenvalue weighted by atomic mass is 32.1. The van der Waals surface area contributed by atoms with Gasteiger partial charge in [-0.05, 0) is 49.7 Å². The van der Waals surface area contributed by atoms with Crippen LogP contribution in [0, 0.1) is 12.8 Å². The van der Waals surface area contributed by atoms with Crippen LogP contribution in [0.5, 0.6) is 0 Å². The molecule has 2 unspecified atom stereocenters. The number of aliphatic hydroxyl groups is 1. The third kappa shape index (κ3) is 3.93. The van der Waals surface area contributed by atoms with E-state index in [4.69, 9.17) is 5.11 Å². The molecule has 0 fully saturated rings. The van der Waals surface area contributed by atoms with Crippen LogP contribution in [0.2, 0.25) is 0 Å². The summed E-state index contributed by atoms with van der Waals surface area (Å²) >= 11 is 1.81. The highest BCUT2D eigenvalue weighted by Crippen LogP contribution is 2.23. The maximum Gasteiger partial charge on any atom is 0.0434 e. The van der Waals surface area contributed by atoms with Gasteiger partial charge in [0.25, 0.3) is 0 Å². The van der Waals surface area contributed by atoms with Gasteiger partial charge in [0.1, 0.15) is 0 Å². The predicted octanol–water partition coefficient (Wildman–Crippen LogP) is 2.73. The van der Waals surface area contributed by atoms with Crippen molar-refractivity contribution >= 4 is 11.3 Å². The Labute approximate surface area is 96.3 Å². The van der Waals surface area contributed by atoms with Crippen molar-refractivity contribution in [2.24, 2.45) is 5.92 Å². The minimum absolute atomic E-state index is 0.287. The first-order chi connectivity index (χ1) is 7.15. The van der Waals surface area contributed by atoms with E-state index in [1.54, 1.807) is 0 Å². The molecule has 86 valence electrons. The summed E-state index contributed by atoms with van der Waals surface area (Å²) in [6.07, 6.45) is 0.878. The van der Waals surface area contributed by atoms with Gasteiger partial charge in [-0.15, -0.1) is 11.3 Å². The highest BCUT2D eigenvalue weighted by molar-refractivity contribution is 7.10. The molecule has 1 aromatic rings. The second-order valence-electron chi connectivity index (χ2n) is 4.22. The summed E-state index contributed by atoms with van der Waals surface area (Å²) in [6.45, 7) is 7.78. The molecule has 0 saturated heterocycles. The fourth-order valence-corrected chi connectivity index (χ4v) is 2.58. The van der Waals surface area contributed by atoms with E-state index >= 15 is 0 Å². The second-order valence-corrected chi connectivity index (χ2v) is 5.16. The fraction of sp³-hybridized carbons (Fsp3) is 0.667. The predicted molar refractivity (Wildman–Crippen MR) is 66.3 cm³/mol. The lowest BCUT2D eigenvalue weighted by Crippen LogP contribution is -2.24. The molecule has 1 heterocycles. The van der Waals surface area contributed by atoms with Crippen molar-refractivity contribution in [3.63, 3.8) is 0 Å². The molecule has 2 N–H and O–H groups in total. The lowest BCUT2D eigenvalue weighted by atomic mass is 10.1. The molecule has 0 radical (unpaired) electrons. The molecule has 0 bridgehead atoms. The number of hydrogen-bond acceptors (Lipinski definition) is 3. The molecule has 0 amide bonds. The Balaban J connectivity index is 2.36. The minimum Gasteiger partial charge on any atom is -0.396 e. The van der Waals surface area contributed by atoms with E-state index in [9.17, 15) is 0 Å². The van der Waals surface area contributed by atoms with Gasteiger partial charge in [0.15, 0.2) is 0 Å². The van der Waals surface area contributed by atoms with E-state index < -0.39 is 0 Å². The molecule has 0 aliphatic heterocycles. The smallest absolute Gasteiger partial charge is 0.0434 e. The van der Waals surface area contributed by atoms with Crippen LogP contribution in [0.1, 0.15) is 36.8 Å². The van der Waals surface area contributed by atoms with Crippen LogP contribution in [0.4, 0.5) is 0 Å². The summed E-state index contributed by atoms with van der Waals surface area (Å²) < 4.78 is 0. The van der Waals surface area contributed by atoms with Crippen molar-refractivity contribution in [1.29, 1.82) is 0 Å². The maximum atomic E-state index is 8.80. The van der Waals surface area contributed by atoms with Crippen molar-refractivity contribution < 1.29 is 5.11 Å². The van der Waals surface area contributed by atoms with Crippen LogP contribution in [0.3, 0.4) is 0 Å². The van der Waals surface area contributed by atoms with Gasteiger partial charge in [-0.1, -0.05) is 6.92 Å².